The minimum absolute atomic E-state index is 0.0906. The van der Waals surface area contributed by atoms with E-state index in [1.165, 1.54) is 0 Å². The SMILES string of the molecule is CCNC(=NCC(O)c1cccc(OC(C)C)c1)NCCc1cn2ccccc2n1. The van der Waals surface area contributed by atoms with E-state index in [4.69, 9.17) is 4.74 Å². The average molecular weight is 410 g/mol. The van der Waals surface area contributed by atoms with Gasteiger partial charge in [0.25, 0.3) is 0 Å². The number of benzene rings is 1. The zero-order valence-electron chi connectivity index (χ0n) is 17.9. The lowest BCUT2D eigenvalue weighted by Crippen LogP contribution is -2.38. The molecule has 0 saturated carbocycles. The largest absolute Gasteiger partial charge is 0.491 e. The molecule has 3 N–H and O–H groups in total. The average Bonchev–Trinajstić information content (AvgIpc) is 3.14. The fraction of sp³-hybridized carbons (Fsp3) is 0.391. The van der Waals surface area contributed by atoms with Gasteiger partial charge in [0, 0.05) is 31.9 Å². The molecule has 7 nitrogen and oxygen atoms in total. The zero-order chi connectivity index (χ0) is 21.3. The van der Waals surface area contributed by atoms with Crippen LogP contribution in [0.2, 0.25) is 0 Å². The third-order valence-corrected chi connectivity index (χ3v) is 4.47. The molecule has 160 valence electrons. The summed E-state index contributed by atoms with van der Waals surface area (Å²) in [5, 5.41) is 17.1. The fourth-order valence-electron chi connectivity index (χ4n) is 3.11. The summed E-state index contributed by atoms with van der Waals surface area (Å²) in [7, 11) is 0. The van der Waals surface area contributed by atoms with Gasteiger partial charge in [-0.05, 0) is 50.6 Å². The number of aliphatic hydroxyl groups is 1. The fourth-order valence-corrected chi connectivity index (χ4v) is 3.11. The van der Waals surface area contributed by atoms with Crippen molar-refractivity contribution in [2.45, 2.75) is 39.4 Å². The first kappa shape index (κ1) is 21.6. The van der Waals surface area contributed by atoms with Crippen LogP contribution >= 0.6 is 0 Å². The van der Waals surface area contributed by atoms with Crippen molar-refractivity contribution in [3.8, 4) is 5.75 Å². The summed E-state index contributed by atoms with van der Waals surface area (Å²) in [6.07, 6.45) is 4.20. The summed E-state index contributed by atoms with van der Waals surface area (Å²) in [4.78, 5) is 9.14. The van der Waals surface area contributed by atoms with E-state index in [1.807, 2.05) is 80.0 Å². The maximum atomic E-state index is 10.5. The highest BCUT2D eigenvalue weighted by Crippen LogP contribution is 2.20. The molecule has 0 radical (unpaired) electrons. The zero-order valence-corrected chi connectivity index (χ0v) is 17.9. The molecule has 0 fully saturated rings. The van der Waals surface area contributed by atoms with Crippen LogP contribution in [0.15, 0.2) is 59.9 Å². The van der Waals surface area contributed by atoms with Crippen molar-refractivity contribution in [3.05, 3.63) is 66.1 Å². The number of hydrogen-bond acceptors (Lipinski definition) is 4. The van der Waals surface area contributed by atoms with Gasteiger partial charge in [0.1, 0.15) is 11.4 Å². The molecule has 0 amide bonds. The lowest BCUT2D eigenvalue weighted by Gasteiger charge is -2.15. The number of fused-ring (bicyclic) bond motifs is 1. The number of nitrogens with zero attached hydrogens (tertiary/aromatic N) is 3. The lowest BCUT2D eigenvalue weighted by atomic mass is 10.1. The molecule has 3 rings (SSSR count). The number of nitrogens with one attached hydrogen (secondary N) is 2. The Bertz CT molecular complexity index is 934. The van der Waals surface area contributed by atoms with Gasteiger partial charge in [-0.25, -0.2) is 4.98 Å². The smallest absolute Gasteiger partial charge is 0.191 e. The van der Waals surface area contributed by atoms with Crippen molar-refractivity contribution in [2.24, 2.45) is 4.99 Å². The normalized spacial score (nSPS) is 12.9. The molecule has 0 aliphatic rings. The quantitative estimate of drug-likeness (QED) is 0.374. The van der Waals surface area contributed by atoms with E-state index in [0.29, 0.717) is 12.5 Å². The number of ether oxygens (including phenoxy) is 1. The summed E-state index contributed by atoms with van der Waals surface area (Å²) in [6, 6.07) is 13.5. The van der Waals surface area contributed by atoms with Crippen LogP contribution in [0.3, 0.4) is 0 Å². The van der Waals surface area contributed by atoms with Gasteiger partial charge >= 0.3 is 0 Å². The third kappa shape index (κ3) is 6.22. The van der Waals surface area contributed by atoms with Gasteiger partial charge in [-0.15, -0.1) is 0 Å². The van der Waals surface area contributed by atoms with Crippen molar-refractivity contribution in [3.63, 3.8) is 0 Å². The van der Waals surface area contributed by atoms with E-state index in [0.717, 1.165) is 35.6 Å². The molecule has 1 unspecified atom stereocenters. The first-order valence-corrected chi connectivity index (χ1v) is 10.4. The van der Waals surface area contributed by atoms with E-state index in [2.05, 4.69) is 20.6 Å². The van der Waals surface area contributed by atoms with Gasteiger partial charge in [-0.1, -0.05) is 18.2 Å². The molecule has 0 bridgehead atoms. The van der Waals surface area contributed by atoms with E-state index < -0.39 is 6.10 Å². The van der Waals surface area contributed by atoms with Crippen LogP contribution in [0.1, 0.15) is 38.1 Å². The molecule has 2 aromatic heterocycles. The van der Waals surface area contributed by atoms with Crippen LogP contribution in [0.25, 0.3) is 5.65 Å². The molecule has 7 heteroatoms. The molecule has 0 spiro atoms. The second kappa shape index (κ2) is 10.6. The number of aliphatic imine (C=N–C) groups is 1. The maximum Gasteiger partial charge on any atom is 0.191 e. The number of aromatic nitrogens is 2. The highest BCUT2D eigenvalue weighted by Gasteiger charge is 2.10. The van der Waals surface area contributed by atoms with Crippen LogP contribution < -0.4 is 15.4 Å². The van der Waals surface area contributed by atoms with E-state index >= 15 is 0 Å². The summed E-state index contributed by atoms with van der Waals surface area (Å²) in [5.41, 5.74) is 2.75. The Morgan fingerprint density at radius 1 is 1.20 bits per heavy atom. The van der Waals surface area contributed by atoms with Crippen molar-refractivity contribution in [1.82, 2.24) is 20.0 Å². The van der Waals surface area contributed by atoms with Crippen LogP contribution in [-0.4, -0.2) is 46.2 Å². The molecular weight excluding hydrogens is 378 g/mol. The molecular formula is C23H31N5O2. The molecule has 3 aromatic rings. The van der Waals surface area contributed by atoms with E-state index in [-0.39, 0.29) is 12.6 Å². The van der Waals surface area contributed by atoms with Gasteiger partial charge < -0.3 is 24.9 Å². The Kier molecular flexibility index (Phi) is 7.68. The molecule has 0 aliphatic heterocycles. The van der Waals surface area contributed by atoms with Gasteiger partial charge in [-0.3, -0.25) is 4.99 Å². The monoisotopic (exact) mass is 409 g/mol. The number of rotatable bonds is 9. The Balaban J connectivity index is 1.55. The molecule has 0 saturated heterocycles. The highest BCUT2D eigenvalue weighted by molar-refractivity contribution is 5.79. The van der Waals surface area contributed by atoms with Crippen LogP contribution in [0.4, 0.5) is 0 Å². The molecule has 1 atom stereocenters. The maximum absolute atomic E-state index is 10.5. The summed E-state index contributed by atoms with van der Waals surface area (Å²) >= 11 is 0. The Morgan fingerprint density at radius 3 is 2.83 bits per heavy atom. The summed E-state index contributed by atoms with van der Waals surface area (Å²) < 4.78 is 7.72. The van der Waals surface area contributed by atoms with Gasteiger partial charge in [0.15, 0.2) is 5.96 Å². The van der Waals surface area contributed by atoms with E-state index in [9.17, 15) is 5.11 Å². The van der Waals surface area contributed by atoms with Crippen molar-refractivity contribution in [2.75, 3.05) is 19.6 Å². The van der Waals surface area contributed by atoms with E-state index in [1.54, 1.807) is 0 Å². The number of hydrogen-bond donors (Lipinski definition) is 3. The number of imidazole rings is 1. The molecule has 1 aromatic carbocycles. The number of aliphatic hydroxyl groups excluding tert-OH is 1. The van der Waals surface area contributed by atoms with Crippen LogP contribution in [0, 0.1) is 0 Å². The number of guanidine groups is 1. The third-order valence-electron chi connectivity index (χ3n) is 4.47. The standard InChI is InChI=1S/C23H31N5O2/c1-4-24-23(25-12-11-19-16-28-13-6-5-10-22(28)27-19)26-15-21(29)18-8-7-9-20(14-18)30-17(2)3/h5-10,13-14,16-17,21,29H,4,11-12,15H2,1-3H3,(H2,24,25,26). The molecule has 0 aliphatic carbocycles. The second-order valence-electron chi connectivity index (χ2n) is 7.35. The van der Waals surface area contributed by atoms with Gasteiger partial charge in [-0.2, -0.15) is 0 Å². The minimum atomic E-state index is -0.699. The van der Waals surface area contributed by atoms with Crippen molar-refractivity contribution < 1.29 is 9.84 Å². The van der Waals surface area contributed by atoms with Crippen LogP contribution in [0.5, 0.6) is 5.75 Å². The minimum Gasteiger partial charge on any atom is -0.491 e. The molecule has 30 heavy (non-hydrogen) atoms. The second-order valence-corrected chi connectivity index (χ2v) is 7.35. The topological polar surface area (TPSA) is 83.2 Å². The predicted molar refractivity (Wildman–Crippen MR) is 120 cm³/mol. The lowest BCUT2D eigenvalue weighted by molar-refractivity contribution is 0.185. The van der Waals surface area contributed by atoms with Gasteiger partial charge in [0.2, 0.25) is 0 Å². The Hall–Kier alpha value is -3.06. The molecule has 2 heterocycles. The summed E-state index contributed by atoms with van der Waals surface area (Å²) in [6.45, 7) is 7.68. The van der Waals surface area contributed by atoms with Crippen molar-refractivity contribution >= 4 is 11.6 Å². The predicted octanol–water partition coefficient (Wildman–Crippen LogP) is 2.95. The number of pyridine rings is 1. The first-order valence-electron chi connectivity index (χ1n) is 10.4. The Morgan fingerprint density at radius 2 is 2.07 bits per heavy atom. The first-order chi connectivity index (χ1) is 14.5. The van der Waals surface area contributed by atoms with Crippen molar-refractivity contribution in [1.29, 1.82) is 0 Å². The Labute approximate surface area is 177 Å². The van der Waals surface area contributed by atoms with Crippen LogP contribution in [-0.2, 0) is 6.42 Å². The van der Waals surface area contributed by atoms with Gasteiger partial charge in [0.05, 0.1) is 24.4 Å². The highest BCUT2D eigenvalue weighted by atomic mass is 16.5. The summed E-state index contributed by atoms with van der Waals surface area (Å²) in [5.74, 6) is 1.43.